The van der Waals surface area contributed by atoms with E-state index in [0.29, 0.717) is 0 Å². The van der Waals surface area contributed by atoms with Gasteiger partial charge in [0.15, 0.2) is 4.96 Å². The van der Waals surface area contributed by atoms with Crippen LogP contribution >= 0.6 is 11.3 Å². The highest BCUT2D eigenvalue weighted by molar-refractivity contribution is 7.17. The lowest BCUT2D eigenvalue weighted by Gasteiger charge is -2.21. The van der Waals surface area contributed by atoms with Crippen molar-refractivity contribution in [2.24, 2.45) is 0 Å². The quantitative estimate of drug-likeness (QED) is 0.678. The second-order valence-corrected chi connectivity index (χ2v) is 5.42. The molecule has 0 saturated carbocycles. The molecule has 0 saturated heterocycles. The smallest absolute Gasteiger partial charge is 0.194 e. The van der Waals surface area contributed by atoms with Crippen molar-refractivity contribution < 1.29 is 0 Å². The van der Waals surface area contributed by atoms with E-state index in [2.05, 4.69) is 35.2 Å². The molecule has 0 fully saturated rings. The Morgan fingerprint density at radius 1 is 1.33 bits per heavy atom. The Kier molecular flexibility index (Phi) is 1.91. The zero-order valence-corrected chi connectivity index (χ0v) is 10.2. The number of aromatic nitrogens is 2. The minimum Gasteiger partial charge on any atom is -0.301 e. The molecule has 1 aliphatic rings. The van der Waals surface area contributed by atoms with Crippen LogP contribution in [0.4, 0.5) is 0 Å². The van der Waals surface area contributed by atoms with Crippen LogP contribution in [0.25, 0.3) is 4.96 Å². The summed E-state index contributed by atoms with van der Waals surface area (Å²) in [6.45, 7) is 6.51. The Morgan fingerprint density at radius 3 is 2.93 bits per heavy atom. The lowest BCUT2D eigenvalue weighted by molar-refractivity contribution is 0.313. The molecule has 0 atom stereocenters. The third kappa shape index (κ3) is 1.25. The highest BCUT2D eigenvalue weighted by Gasteiger charge is 2.21. The van der Waals surface area contributed by atoms with Gasteiger partial charge < -0.3 is 4.90 Å². The van der Waals surface area contributed by atoms with Gasteiger partial charge in [0.25, 0.3) is 0 Å². The van der Waals surface area contributed by atoms with Crippen LogP contribution in [0.1, 0.15) is 22.0 Å². The van der Waals surface area contributed by atoms with Gasteiger partial charge in [0.2, 0.25) is 0 Å². The molecule has 3 heterocycles. The van der Waals surface area contributed by atoms with Gasteiger partial charge in [-0.25, -0.2) is 4.98 Å². The first-order valence-electron chi connectivity index (χ1n) is 5.31. The normalized spacial score (nSPS) is 17.3. The molecule has 2 aromatic rings. The molecule has 2 aromatic heterocycles. The summed E-state index contributed by atoms with van der Waals surface area (Å²) < 4.78 is 2.35. The van der Waals surface area contributed by atoms with E-state index in [1.807, 2.05) is 11.3 Å². The van der Waals surface area contributed by atoms with E-state index in [1.54, 1.807) is 0 Å². The average Bonchev–Trinajstić information content (AvgIpc) is 2.64. The number of nitrogens with zero attached hydrogens (tertiary/aromatic N) is 3. The van der Waals surface area contributed by atoms with E-state index in [-0.39, 0.29) is 0 Å². The third-order valence-corrected chi connectivity index (χ3v) is 4.33. The van der Waals surface area contributed by atoms with Gasteiger partial charge in [0.05, 0.1) is 5.69 Å². The molecule has 0 aromatic carbocycles. The topological polar surface area (TPSA) is 20.5 Å². The van der Waals surface area contributed by atoms with Gasteiger partial charge in [0.1, 0.15) is 0 Å². The molecule has 0 aliphatic carbocycles. The second-order valence-electron chi connectivity index (χ2n) is 4.36. The van der Waals surface area contributed by atoms with Crippen molar-refractivity contribution >= 4 is 16.3 Å². The number of likely N-dealkylation sites (N-methyl/N-ethyl adjacent to an activating group) is 1. The zero-order valence-electron chi connectivity index (χ0n) is 9.37. The van der Waals surface area contributed by atoms with Crippen molar-refractivity contribution in [2.45, 2.75) is 26.8 Å². The molecule has 15 heavy (non-hydrogen) atoms. The largest absolute Gasteiger partial charge is 0.301 e. The minimum atomic E-state index is 1.09. The Hall–Kier alpha value is -0.870. The monoisotopic (exact) mass is 221 g/mol. The van der Waals surface area contributed by atoms with Gasteiger partial charge in [0, 0.05) is 35.8 Å². The molecule has 0 amide bonds. The van der Waals surface area contributed by atoms with Crippen molar-refractivity contribution in [3.05, 3.63) is 22.0 Å². The van der Waals surface area contributed by atoms with E-state index in [1.165, 1.54) is 26.9 Å². The summed E-state index contributed by atoms with van der Waals surface area (Å²) in [5.74, 6) is 0. The Morgan fingerprint density at radius 2 is 2.13 bits per heavy atom. The lowest BCUT2D eigenvalue weighted by Crippen LogP contribution is -2.26. The van der Waals surface area contributed by atoms with Crippen molar-refractivity contribution in [3.63, 3.8) is 0 Å². The number of aryl methyl sites for hydroxylation is 2. The van der Waals surface area contributed by atoms with Crippen LogP contribution < -0.4 is 0 Å². The average molecular weight is 221 g/mol. The highest BCUT2D eigenvalue weighted by Crippen LogP contribution is 2.29. The van der Waals surface area contributed by atoms with Crippen LogP contribution in [0, 0.1) is 13.8 Å². The third-order valence-electron chi connectivity index (χ3n) is 3.26. The molecular formula is C11H15N3S. The van der Waals surface area contributed by atoms with Crippen molar-refractivity contribution in [3.8, 4) is 0 Å². The molecule has 1 aliphatic heterocycles. The number of fused-ring (bicyclic) bond motifs is 3. The zero-order chi connectivity index (χ0) is 10.6. The Labute approximate surface area is 93.4 Å². The number of hydrogen-bond acceptors (Lipinski definition) is 3. The van der Waals surface area contributed by atoms with Gasteiger partial charge in [-0.15, -0.1) is 0 Å². The van der Waals surface area contributed by atoms with E-state index < -0.39 is 0 Å². The first-order valence-corrected chi connectivity index (χ1v) is 6.13. The number of rotatable bonds is 0. The van der Waals surface area contributed by atoms with Crippen molar-refractivity contribution in [1.29, 1.82) is 0 Å². The molecule has 0 radical (unpaired) electrons. The summed E-state index contributed by atoms with van der Waals surface area (Å²) in [6.07, 6.45) is 1.16. The molecule has 4 heteroatoms. The maximum Gasteiger partial charge on any atom is 0.194 e. The van der Waals surface area contributed by atoms with E-state index in [4.69, 9.17) is 0 Å². The number of imidazole rings is 1. The predicted octanol–water partition coefficient (Wildman–Crippen LogP) is 2.00. The van der Waals surface area contributed by atoms with Crippen LogP contribution in [0.2, 0.25) is 0 Å². The van der Waals surface area contributed by atoms with Gasteiger partial charge in [-0.2, -0.15) is 0 Å². The van der Waals surface area contributed by atoms with E-state index >= 15 is 0 Å². The molecule has 3 nitrogen and oxygen atoms in total. The van der Waals surface area contributed by atoms with Crippen LogP contribution in [0.15, 0.2) is 0 Å². The number of thiazole rings is 1. The fourth-order valence-electron chi connectivity index (χ4n) is 2.26. The molecule has 80 valence electrons. The molecule has 0 bridgehead atoms. The summed E-state index contributed by atoms with van der Waals surface area (Å²) in [5, 5.41) is 0. The van der Waals surface area contributed by atoms with Crippen LogP contribution in [0.3, 0.4) is 0 Å². The van der Waals surface area contributed by atoms with Gasteiger partial charge in [-0.05, 0) is 20.9 Å². The van der Waals surface area contributed by atoms with E-state index in [0.717, 1.165) is 19.5 Å². The molecule has 0 unspecified atom stereocenters. The van der Waals surface area contributed by atoms with Gasteiger partial charge in [-0.3, -0.25) is 4.40 Å². The maximum absolute atomic E-state index is 4.61. The van der Waals surface area contributed by atoms with Gasteiger partial charge >= 0.3 is 0 Å². The lowest BCUT2D eigenvalue weighted by atomic mass is 10.2. The maximum atomic E-state index is 4.61. The summed E-state index contributed by atoms with van der Waals surface area (Å²) in [6, 6.07) is 0. The fraction of sp³-hybridized carbons (Fsp3) is 0.545. The van der Waals surface area contributed by atoms with E-state index in [9.17, 15) is 0 Å². The van der Waals surface area contributed by atoms with Gasteiger partial charge in [-0.1, -0.05) is 11.3 Å². The van der Waals surface area contributed by atoms with Crippen molar-refractivity contribution in [1.82, 2.24) is 14.3 Å². The Balaban J connectivity index is 2.26. The fourth-order valence-corrected chi connectivity index (χ4v) is 3.59. The summed E-state index contributed by atoms with van der Waals surface area (Å²) >= 11 is 1.85. The minimum absolute atomic E-state index is 1.09. The second kappa shape index (κ2) is 3.06. The summed E-state index contributed by atoms with van der Waals surface area (Å²) in [4.78, 5) is 9.65. The SMILES string of the molecule is Cc1nc2sc3c(n2c1C)CCN(C)C3. The number of hydrogen-bond donors (Lipinski definition) is 0. The highest BCUT2D eigenvalue weighted by atomic mass is 32.1. The molecule has 3 rings (SSSR count). The van der Waals surface area contributed by atoms with Crippen LogP contribution in [-0.4, -0.2) is 27.9 Å². The predicted molar refractivity (Wildman–Crippen MR) is 62.6 cm³/mol. The first-order chi connectivity index (χ1) is 7.16. The molecular weight excluding hydrogens is 206 g/mol. The molecule has 0 spiro atoms. The first kappa shape index (κ1) is 9.36. The molecule has 0 N–H and O–H groups in total. The van der Waals surface area contributed by atoms with Crippen LogP contribution in [-0.2, 0) is 13.0 Å². The summed E-state index contributed by atoms with van der Waals surface area (Å²) in [7, 11) is 2.18. The summed E-state index contributed by atoms with van der Waals surface area (Å²) in [5.41, 5.74) is 3.97. The van der Waals surface area contributed by atoms with Crippen molar-refractivity contribution in [2.75, 3.05) is 13.6 Å². The van der Waals surface area contributed by atoms with Crippen LogP contribution in [0.5, 0.6) is 0 Å². The standard InChI is InChI=1S/C11H15N3S/c1-7-8(2)14-9-4-5-13(3)6-10(9)15-11(14)12-7/h4-6H2,1-3H3. The Bertz CT molecular complexity index is 523.